The first kappa shape index (κ1) is 14.3. The summed E-state index contributed by atoms with van der Waals surface area (Å²) >= 11 is 3.35. The van der Waals surface area contributed by atoms with E-state index in [2.05, 4.69) is 53.9 Å². The Morgan fingerprint density at radius 1 is 1.29 bits per heavy atom. The molecule has 0 aromatic carbocycles. The van der Waals surface area contributed by atoms with Crippen LogP contribution in [0.5, 0.6) is 0 Å². The van der Waals surface area contributed by atoms with Crippen molar-refractivity contribution in [2.24, 2.45) is 17.8 Å². The quantitative estimate of drug-likeness (QED) is 0.870. The van der Waals surface area contributed by atoms with E-state index in [1.165, 1.54) is 0 Å². The Morgan fingerprint density at radius 3 is 2.35 bits per heavy atom. The van der Waals surface area contributed by atoms with Gasteiger partial charge in [0.2, 0.25) is 0 Å². The van der Waals surface area contributed by atoms with Gasteiger partial charge in [0.1, 0.15) is 5.82 Å². The largest absolute Gasteiger partial charge is 0.396 e. The standard InChI is InChI=1S/C13H22BrN3/c1-8(2)11(9(3)4)7-17-13-12(15)5-10(14)6-16-13/h5-6,8-9,11H,7,15H2,1-4H3,(H,16,17). The van der Waals surface area contributed by atoms with Gasteiger partial charge in [-0.15, -0.1) is 0 Å². The number of nitrogens with one attached hydrogen (secondary N) is 1. The molecule has 0 amide bonds. The van der Waals surface area contributed by atoms with Gasteiger partial charge in [0, 0.05) is 17.2 Å². The third kappa shape index (κ3) is 4.19. The van der Waals surface area contributed by atoms with Gasteiger partial charge in [-0.05, 0) is 39.8 Å². The molecule has 0 fully saturated rings. The lowest BCUT2D eigenvalue weighted by Gasteiger charge is -2.25. The molecule has 1 aromatic heterocycles. The summed E-state index contributed by atoms with van der Waals surface area (Å²) in [5, 5.41) is 3.35. The van der Waals surface area contributed by atoms with E-state index in [1.807, 2.05) is 6.07 Å². The Kier molecular flexibility index (Phi) is 5.25. The number of rotatable bonds is 5. The van der Waals surface area contributed by atoms with Crippen LogP contribution in [0.3, 0.4) is 0 Å². The normalized spacial score (nSPS) is 11.5. The molecule has 0 saturated carbocycles. The van der Waals surface area contributed by atoms with Crippen molar-refractivity contribution in [1.82, 2.24) is 4.98 Å². The predicted octanol–water partition coefficient (Wildman–Crippen LogP) is 3.77. The van der Waals surface area contributed by atoms with Crippen LogP contribution < -0.4 is 11.1 Å². The number of hydrogen-bond donors (Lipinski definition) is 2. The minimum atomic E-state index is 0.625. The van der Waals surface area contributed by atoms with Crippen molar-refractivity contribution in [3.63, 3.8) is 0 Å². The van der Waals surface area contributed by atoms with Crippen molar-refractivity contribution < 1.29 is 0 Å². The molecule has 0 saturated heterocycles. The van der Waals surface area contributed by atoms with Crippen LogP contribution in [0, 0.1) is 17.8 Å². The van der Waals surface area contributed by atoms with E-state index < -0.39 is 0 Å². The van der Waals surface area contributed by atoms with Crippen LogP contribution in [0.1, 0.15) is 27.7 Å². The molecule has 3 N–H and O–H groups in total. The van der Waals surface area contributed by atoms with Gasteiger partial charge in [0.25, 0.3) is 0 Å². The lowest BCUT2D eigenvalue weighted by atomic mass is 9.85. The predicted molar refractivity (Wildman–Crippen MR) is 78.0 cm³/mol. The van der Waals surface area contributed by atoms with Crippen LogP contribution in [0.2, 0.25) is 0 Å². The summed E-state index contributed by atoms with van der Waals surface area (Å²) < 4.78 is 0.907. The zero-order valence-corrected chi connectivity index (χ0v) is 12.6. The van der Waals surface area contributed by atoms with Crippen molar-refractivity contribution in [2.75, 3.05) is 17.6 Å². The molecule has 1 aromatic rings. The van der Waals surface area contributed by atoms with Crippen molar-refractivity contribution in [3.8, 4) is 0 Å². The highest BCUT2D eigenvalue weighted by molar-refractivity contribution is 9.10. The molecule has 17 heavy (non-hydrogen) atoms. The second-order valence-electron chi connectivity index (χ2n) is 5.12. The number of pyridine rings is 1. The zero-order chi connectivity index (χ0) is 13.0. The van der Waals surface area contributed by atoms with E-state index in [4.69, 9.17) is 5.73 Å². The maximum Gasteiger partial charge on any atom is 0.149 e. The van der Waals surface area contributed by atoms with E-state index in [-0.39, 0.29) is 0 Å². The van der Waals surface area contributed by atoms with Crippen molar-refractivity contribution in [2.45, 2.75) is 27.7 Å². The molecule has 3 nitrogen and oxygen atoms in total. The lowest BCUT2D eigenvalue weighted by Crippen LogP contribution is -2.25. The summed E-state index contributed by atoms with van der Waals surface area (Å²) in [5.41, 5.74) is 6.59. The maximum absolute atomic E-state index is 5.90. The average molecular weight is 300 g/mol. The highest BCUT2D eigenvalue weighted by Crippen LogP contribution is 2.24. The Hall–Kier alpha value is -0.770. The van der Waals surface area contributed by atoms with Crippen LogP contribution in [0.4, 0.5) is 11.5 Å². The topological polar surface area (TPSA) is 50.9 Å². The van der Waals surface area contributed by atoms with Crippen LogP contribution in [0.15, 0.2) is 16.7 Å². The molecule has 1 rings (SSSR count). The Labute approximate surface area is 112 Å². The smallest absolute Gasteiger partial charge is 0.149 e. The summed E-state index contributed by atoms with van der Waals surface area (Å²) in [7, 11) is 0. The van der Waals surface area contributed by atoms with E-state index in [1.54, 1.807) is 6.20 Å². The van der Waals surface area contributed by atoms with Crippen molar-refractivity contribution in [1.29, 1.82) is 0 Å². The van der Waals surface area contributed by atoms with Gasteiger partial charge in [0.15, 0.2) is 0 Å². The van der Waals surface area contributed by atoms with Crippen LogP contribution in [0.25, 0.3) is 0 Å². The van der Waals surface area contributed by atoms with Gasteiger partial charge in [-0.25, -0.2) is 4.98 Å². The maximum atomic E-state index is 5.90. The van der Waals surface area contributed by atoms with Crippen LogP contribution >= 0.6 is 15.9 Å². The number of nitrogens with zero attached hydrogens (tertiary/aromatic N) is 1. The highest BCUT2D eigenvalue weighted by Gasteiger charge is 2.17. The van der Waals surface area contributed by atoms with Gasteiger partial charge in [-0.1, -0.05) is 27.7 Å². The number of nitrogens with two attached hydrogens (primary N) is 1. The fourth-order valence-electron chi connectivity index (χ4n) is 2.06. The lowest BCUT2D eigenvalue weighted by molar-refractivity contribution is 0.304. The average Bonchev–Trinajstić information content (AvgIpc) is 2.20. The molecular formula is C13H22BrN3. The molecule has 0 aliphatic heterocycles. The summed E-state index contributed by atoms with van der Waals surface area (Å²) in [6.07, 6.45) is 1.76. The molecule has 0 atom stereocenters. The van der Waals surface area contributed by atoms with Crippen LogP contribution in [-0.4, -0.2) is 11.5 Å². The molecular weight excluding hydrogens is 278 g/mol. The molecule has 0 unspecified atom stereocenters. The van der Waals surface area contributed by atoms with Crippen LogP contribution in [-0.2, 0) is 0 Å². The first-order valence-corrected chi connectivity index (χ1v) is 6.86. The number of aromatic nitrogens is 1. The first-order chi connectivity index (χ1) is 7.91. The molecule has 4 heteroatoms. The molecule has 96 valence electrons. The molecule has 1 heterocycles. The zero-order valence-electron chi connectivity index (χ0n) is 11.0. The fraction of sp³-hybridized carbons (Fsp3) is 0.615. The molecule has 0 spiro atoms. The number of nitrogen functional groups attached to an aromatic ring is 1. The first-order valence-electron chi connectivity index (χ1n) is 6.06. The fourth-order valence-corrected chi connectivity index (χ4v) is 2.41. The SMILES string of the molecule is CC(C)C(CNc1ncc(Br)cc1N)C(C)C. The van der Waals surface area contributed by atoms with Gasteiger partial charge >= 0.3 is 0 Å². The summed E-state index contributed by atoms with van der Waals surface area (Å²) in [4.78, 5) is 4.29. The van der Waals surface area contributed by atoms with E-state index in [0.717, 1.165) is 16.8 Å². The summed E-state index contributed by atoms with van der Waals surface area (Å²) in [6.45, 7) is 9.93. The van der Waals surface area contributed by atoms with E-state index in [9.17, 15) is 0 Å². The van der Waals surface area contributed by atoms with Crippen molar-refractivity contribution in [3.05, 3.63) is 16.7 Å². The Balaban J connectivity index is 2.65. The molecule has 0 bridgehead atoms. The second kappa shape index (κ2) is 6.24. The third-order valence-electron chi connectivity index (χ3n) is 3.10. The number of anilines is 2. The minimum absolute atomic E-state index is 0.625. The third-order valence-corrected chi connectivity index (χ3v) is 3.54. The van der Waals surface area contributed by atoms with Gasteiger partial charge in [-0.2, -0.15) is 0 Å². The van der Waals surface area contributed by atoms with Gasteiger partial charge < -0.3 is 11.1 Å². The second-order valence-corrected chi connectivity index (χ2v) is 6.04. The molecule has 0 aliphatic rings. The van der Waals surface area contributed by atoms with E-state index >= 15 is 0 Å². The monoisotopic (exact) mass is 299 g/mol. The number of halogens is 1. The minimum Gasteiger partial charge on any atom is -0.396 e. The van der Waals surface area contributed by atoms with Crippen molar-refractivity contribution >= 4 is 27.4 Å². The number of hydrogen-bond acceptors (Lipinski definition) is 3. The summed E-state index contributed by atoms with van der Waals surface area (Å²) in [5.74, 6) is 2.71. The molecule has 0 radical (unpaired) electrons. The Morgan fingerprint density at radius 2 is 1.88 bits per heavy atom. The Bertz CT molecular complexity index is 356. The summed E-state index contributed by atoms with van der Waals surface area (Å²) in [6, 6.07) is 1.87. The molecule has 0 aliphatic carbocycles. The van der Waals surface area contributed by atoms with E-state index in [0.29, 0.717) is 23.4 Å². The van der Waals surface area contributed by atoms with Gasteiger partial charge in [-0.3, -0.25) is 0 Å². The van der Waals surface area contributed by atoms with Gasteiger partial charge in [0.05, 0.1) is 5.69 Å². The highest BCUT2D eigenvalue weighted by atomic mass is 79.9.